The van der Waals surface area contributed by atoms with Gasteiger partial charge < -0.3 is 11.1 Å². The van der Waals surface area contributed by atoms with E-state index in [9.17, 15) is 22.4 Å². The third-order valence-electron chi connectivity index (χ3n) is 2.18. The van der Waals surface area contributed by atoms with E-state index in [0.717, 1.165) is 0 Å². The molecule has 0 radical (unpaired) electrons. The molecular weight excluding hydrogens is 252 g/mol. The summed E-state index contributed by atoms with van der Waals surface area (Å²) in [6.45, 7) is -1.38. The van der Waals surface area contributed by atoms with Crippen molar-refractivity contribution in [2.75, 3.05) is 12.3 Å². The van der Waals surface area contributed by atoms with Crippen LogP contribution < -0.4 is 11.1 Å². The fourth-order valence-electron chi connectivity index (χ4n) is 1.18. The number of carbonyl (C=O) groups is 1. The van der Waals surface area contributed by atoms with Crippen LogP contribution in [0.3, 0.4) is 0 Å². The van der Waals surface area contributed by atoms with Gasteiger partial charge in [0.25, 0.3) is 0 Å². The standard InChI is InChI=1S/C11H12F4N2O/c12-10(13)11(14,15)6-17-9(18)5-7-1-3-8(16)4-2-7/h1-4,10H,5-6,16H2,(H,17,18). The number of nitrogens with two attached hydrogens (primary N) is 1. The monoisotopic (exact) mass is 264 g/mol. The molecule has 0 aromatic heterocycles. The van der Waals surface area contributed by atoms with Gasteiger partial charge in [0.1, 0.15) is 0 Å². The molecule has 0 saturated heterocycles. The molecule has 1 aromatic rings. The van der Waals surface area contributed by atoms with E-state index in [1.807, 2.05) is 0 Å². The summed E-state index contributed by atoms with van der Waals surface area (Å²) in [5, 5.41) is 1.77. The molecule has 0 unspecified atom stereocenters. The fourth-order valence-corrected chi connectivity index (χ4v) is 1.18. The van der Waals surface area contributed by atoms with Gasteiger partial charge in [0.05, 0.1) is 13.0 Å². The van der Waals surface area contributed by atoms with Crippen LogP contribution in [0.4, 0.5) is 23.2 Å². The number of benzene rings is 1. The molecular formula is C11H12F4N2O. The highest BCUT2D eigenvalue weighted by atomic mass is 19.3. The fraction of sp³-hybridized carbons (Fsp3) is 0.364. The van der Waals surface area contributed by atoms with Crippen LogP contribution in [-0.4, -0.2) is 24.8 Å². The van der Waals surface area contributed by atoms with Crippen LogP contribution in [0, 0.1) is 0 Å². The molecule has 0 aliphatic carbocycles. The number of hydrogen-bond donors (Lipinski definition) is 2. The molecule has 0 aliphatic heterocycles. The number of anilines is 1. The molecule has 0 aliphatic rings. The molecule has 0 saturated carbocycles. The molecule has 0 heterocycles. The van der Waals surface area contributed by atoms with Gasteiger partial charge in [-0.05, 0) is 17.7 Å². The highest BCUT2D eigenvalue weighted by molar-refractivity contribution is 5.78. The smallest absolute Gasteiger partial charge is 0.324 e. The minimum absolute atomic E-state index is 0.167. The molecule has 0 spiro atoms. The first-order valence-corrected chi connectivity index (χ1v) is 5.08. The lowest BCUT2D eigenvalue weighted by atomic mass is 10.1. The van der Waals surface area contributed by atoms with Crippen LogP contribution in [0.1, 0.15) is 5.56 Å². The summed E-state index contributed by atoms with van der Waals surface area (Å²) in [6.07, 6.45) is -3.96. The summed E-state index contributed by atoms with van der Waals surface area (Å²) in [5.41, 5.74) is 6.48. The second kappa shape index (κ2) is 5.70. The molecule has 3 nitrogen and oxygen atoms in total. The zero-order valence-corrected chi connectivity index (χ0v) is 9.30. The Morgan fingerprint density at radius 2 is 1.83 bits per heavy atom. The molecule has 1 aromatic carbocycles. The topological polar surface area (TPSA) is 55.1 Å². The molecule has 0 fully saturated rings. The Morgan fingerprint density at radius 1 is 1.28 bits per heavy atom. The van der Waals surface area contributed by atoms with E-state index < -0.39 is 24.8 Å². The van der Waals surface area contributed by atoms with Crippen LogP contribution in [0.25, 0.3) is 0 Å². The number of halogens is 4. The van der Waals surface area contributed by atoms with Gasteiger partial charge in [0, 0.05) is 5.69 Å². The van der Waals surface area contributed by atoms with E-state index in [4.69, 9.17) is 5.73 Å². The minimum atomic E-state index is -4.21. The van der Waals surface area contributed by atoms with Crippen molar-refractivity contribution in [3.8, 4) is 0 Å². The third kappa shape index (κ3) is 4.23. The van der Waals surface area contributed by atoms with Crippen LogP contribution >= 0.6 is 0 Å². The lowest BCUT2D eigenvalue weighted by molar-refractivity contribution is -0.136. The molecule has 100 valence electrons. The number of nitrogen functional groups attached to an aromatic ring is 1. The number of rotatable bonds is 5. The quantitative estimate of drug-likeness (QED) is 0.629. The number of carbonyl (C=O) groups excluding carboxylic acids is 1. The van der Waals surface area contributed by atoms with Gasteiger partial charge in [0.15, 0.2) is 0 Å². The minimum Gasteiger partial charge on any atom is -0.399 e. The van der Waals surface area contributed by atoms with Gasteiger partial charge in [-0.3, -0.25) is 4.79 Å². The Morgan fingerprint density at radius 3 is 2.33 bits per heavy atom. The van der Waals surface area contributed by atoms with Crippen LogP contribution in [0.2, 0.25) is 0 Å². The van der Waals surface area contributed by atoms with Crippen LogP contribution in [0.15, 0.2) is 24.3 Å². The summed E-state index contributed by atoms with van der Waals surface area (Å²) in [6, 6.07) is 6.22. The van der Waals surface area contributed by atoms with Crippen LogP contribution in [-0.2, 0) is 11.2 Å². The Bertz CT molecular complexity index is 406. The average Bonchev–Trinajstić information content (AvgIpc) is 2.29. The zero-order chi connectivity index (χ0) is 13.8. The van der Waals surface area contributed by atoms with Crippen molar-refractivity contribution < 1.29 is 22.4 Å². The molecule has 0 bridgehead atoms. The summed E-state index contributed by atoms with van der Waals surface area (Å²) in [4.78, 5) is 11.2. The number of nitrogens with one attached hydrogen (secondary N) is 1. The van der Waals surface area contributed by atoms with Gasteiger partial charge in [-0.2, -0.15) is 8.78 Å². The lowest BCUT2D eigenvalue weighted by Crippen LogP contribution is -2.41. The Hall–Kier alpha value is -1.79. The van der Waals surface area contributed by atoms with Crippen molar-refractivity contribution in [1.82, 2.24) is 5.32 Å². The Balaban J connectivity index is 2.45. The maximum absolute atomic E-state index is 12.5. The van der Waals surface area contributed by atoms with E-state index in [0.29, 0.717) is 11.3 Å². The zero-order valence-electron chi connectivity index (χ0n) is 9.30. The molecule has 3 N–H and O–H groups in total. The highest BCUT2D eigenvalue weighted by Gasteiger charge is 2.40. The van der Waals surface area contributed by atoms with E-state index in [1.54, 1.807) is 29.6 Å². The molecule has 0 atom stereocenters. The van der Waals surface area contributed by atoms with Crippen LogP contribution in [0.5, 0.6) is 0 Å². The molecule has 7 heteroatoms. The van der Waals surface area contributed by atoms with E-state index >= 15 is 0 Å². The molecule has 1 amide bonds. The van der Waals surface area contributed by atoms with Gasteiger partial charge >= 0.3 is 12.3 Å². The molecule has 1 rings (SSSR count). The first-order chi connectivity index (χ1) is 8.31. The van der Waals surface area contributed by atoms with Crippen molar-refractivity contribution in [2.45, 2.75) is 18.8 Å². The van der Waals surface area contributed by atoms with Crippen molar-refractivity contribution >= 4 is 11.6 Å². The maximum Gasteiger partial charge on any atom is 0.324 e. The van der Waals surface area contributed by atoms with Crippen molar-refractivity contribution in [3.05, 3.63) is 29.8 Å². The van der Waals surface area contributed by atoms with Gasteiger partial charge in [0.2, 0.25) is 5.91 Å². The largest absolute Gasteiger partial charge is 0.399 e. The summed E-state index contributed by atoms with van der Waals surface area (Å²) in [5.74, 6) is -4.96. The van der Waals surface area contributed by atoms with E-state index in [2.05, 4.69) is 0 Å². The molecule has 18 heavy (non-hydrogen) atoms. The number of amides is 1. The first-order valence-electron chi connectivity index (χ1n) is 5.08. The number of alkyl halides is 4. The second-order valence-corrected chi connectivity index (χ2v) is 3.76. The summed E-state index contributed by atoms with van der Waals surface area (Å²) < 4.78 is 48.7. The average molecular weight is 264 g/mol. The second-order valence-electron chi connectivity index (χ2n) is 3.76. The summed E-state index contributed by atoms with van der Waals surface area (Å²) in [7, 11) is 0. The SMILES string of the molecule is Nc1ccc(CC(=O)NCC(F)(F)C(F)F)cc1. The van der Waals surface area contributed by atoms with E-state index in [1.165, 1.54) is 0 Å². The predicted molar refractivity (Wildman–Crippen MR) is 58.5 cm³/mol. The normalized spacial score (nSPS) is 11.6. The first kappa shape index (κ1) is 14.3. The Labute approximate surface area is 101 Å². The summed E-state index contributed by atoms with van der Waals surface area (Å²) >= 11 is 0. The van der Waals surface area contributed by atoms with Gasteiger partial charge in [-0.15, -0.1) is 0 Å². The highest BCUT2D eigenvalue weighted by Crippen LogP contribution is 2.21. The van der Waals surface area contributed by atoms with Gasteiger partial charge in [-0.1, -0.05) is 12.1 Å². The third-order valence-corrected chi connectivity index (χ3v) is 2.18. The predicted octanol–water partition coefficient (Wildman–Crippen LogP) is 1.83. The van der Waals surface area contributed by atoms with Gasteiger partial charge in [-0.25, -0.2) is 8.78 Å². The lowest BCUT2D eigenvalue weighted by Gasteiger charge is -2.15. The Kier molecular flexibility index (Phi) is 4.52. The van der Waals surface area contributed by atoms with E-state index in [-0.39, 0.29) is 6.42 Å². The van der Waals surface area contributed by atoms with Crippen molar-refractivity contribution in [3.63, 3.8) is 0 Å². The number of hydrogen-bond acceptors (Lipinski definition) is 2. The van der Waals surface area contributed by atoms with Crippen molar-refractivity contribution in [1.29, 1.82) is 0 Å². The maximum atomic E-state index is 12.5. The van der Waals surface area contributed by atoms with Crippen molar-refractivity contribution in [2.24, 2.45) is 0 Å².